The molecule has 1 aromatic heterocycles. The largest absolute Gasteiger partial charge is 1.00 e. The molecule has 7 nitrogen and oxygen atoms in total. The number of Topliss-reactive ketones (excluding diaryl/α,β-unsaturated/α-hetero) is 1. The van der Waals surface area contributed by atoms with E-state index in [1.165, 1.54) is 24.6 Å². The SMILES string of the molecule is C=C[C@]1(C)C[C@@H](OC(=O)CSc2cc[n+](CC(=O)NC3CCCC3)cc2)[C@]2(C)[C@H](C)CC[C@]3(CCC(=O)[C@H]32)[C@@H](C)[C@@H]1O.[I-]. The number of nitrogens with zero attached hydrogens (tertiary/aromatic N) is 1. The van der Waals surface area contributed by atoms with E-state index in [2.05, 4.69) is 32.7 Å². The fourth-order valence-electron chi connectivity index (χ4n) is 8.99. The molecule has 4 aliphatic rings. The van der Waals surface area contributed by atoms with Gasteiger partial charge in [0.15, 0.2) is 12.4 Å². The highest BCUT2D eigenvalue weighted by Crippen LogP contribution is 2.68. The van der Waals surface area contributed by atoms with Crippen LogP contribution in [-0.2, 0) is 25.7 Å². The second-order valence-corrected chi connectivity index (χ2v) is 15.2. The Morgan fingerprint density at radius 2 is 1.84 bits per heavy atom. The number of carbonyl (C=O) groups excluding carboxylic acids is 3. The summed E-state index contributed by atoms with van der Waals surface area (Å²) in [6.07, 6.45) is 12.5. The number of ketones is 1. The minimum absolute atomic E-state index is 0. The molecule has 1 heterocycles. The van der Waals surface area contributed by atoms with Gasteiger partial charge in [0.25, 0.3) is 5.91 Å². The standard InChI is InChI=1S/C34H48N2O5S.HI/c1-6-32(4)19-27(33(5)22(2)11-15-34(23(3)31(32)40)16-12-26(37)30(33)34)41-29(39)21-42-25-13-17-36(18-14-25)20-28(38)35-24-9-7-8-10-24;/h6,13-14,17-18,22-24,27,30-31,40H,1,7-12,15-16,19-21H2,2-5H3;1H/t22-,23+,27-,30+,31+,32-,33+,34+;/m1./s1. The van der Waals surface area contributed by atoms with Gasteiger partial charge in [-0.25, -0.2) is 0 Å². The molecule has 8 atom stereocenters. The molecule has 0 unspecified atom stereocenters. The first-order chi connectivity index (χ1) is 19.9. The number of hydrogen-bond donors (Lipinski definition) is 2. The third-order valence-corrected chi connectivity index (χ3v) is 12.8. The first-order valence-electron chi connectivity index (χ1n) is 15.9. The number of pyridine rings is 1. The maximum Gasteiger partial charge on any atom is 0.316 e. The number of halogens is 1. The Kier molecular flexibility index (Phi) is 10.8. The van der Waals surface area contributed by atoms with E-state index in [0.717, 1.165) is 37.0 Å². The Morgan fingerprint density at radius 3 is 2.49 bits per heavy atom. The highest BCUT2D eigenvalue weighted by molar-refractivity contribution is 8.00. The van der Waals surface area contributed by atoms with Crippen LogP contribution in [0.5, 0.6) is 0 Å². The number of ether oxygens (including phenoxy) is 1. The van der Waals surface area contributed by atoms with Crippen molar-refractivity contribution in [1.29, 1.82) is 0 Å². The molecule has 2 bridgehead atoms. The molecule has 5 rings (SSSR count). The highest BCUT2D eigenvalue weighted by Gasteiger charge is 2.68. The zero-order valence-electron chi connectivity index (χ0n) is 26.1. The Bertz CT molecular complexity index is 1210. The van der Waals surface area contributed by atoms with Gasteiger partial charge < -0.3 is 39.1 Å². The summed E-state index contributed by atoms with van der Waals surface area (Å²) in [5, 5.41) is 14.8. The third kappa shape index (κ3) is 6.46. The van der Waals surface area contributed by atoms with E-state index in [-0.39, 0.29) is 77.1 Å². The fraction of sp³-hybridized carbons (Fsp3) is 0.706. The predicted molar refractivity (Wildman–Crippen MR) is 162 cm³/mol. The Labute approximate surface area is 278 Å². The lowest BCUT2D eigenvalue weighted by Crippen LogP contribution is -3.00. The number of aromatic nitrogens is 1. The van der Waals surface area contributed by atoms with Gasteiger partial charge in [0.05, 0.1) is 11.9 Å². The number of esters is 1. The van der Waals surface area contributed by atoms with Crippen LogP contribution >= 0.6 is 11.8 Å². The Balaban J connectivity index is 0.00000423. The van der Waals surface area contributed by atoms with Gasteiger partial charge in [0, 0.05) is 46.2 Å². The molecule has 238 valence electrons. The molecule has 4 aliphatic carbocycles. The van der Waals surface area contributed by atoms with Crippen molar-refractivity contribution in [1.82, 2.24) is 5.32 Å². The molecule has 9 heteroatoms. The second-order valence-electron chi connectivity index (χ2n) is 14.1. The number of amides is 1. The van der Waals surface area contributed by atoms with E-state index in [1.807, 2.05) is 42.1 Å². The third-order valence-electron chi connectivity index (χ3n) is 11.8. The maximum absolute atomic E-state index is 13.6. The van der Waals surface area contributed by atoms with E-state index in [4.69, 9.17) is 4.74 Å². The second kappa shape index (κ2) is 13.5. The number of nitrogens with one attached hydrogen (secondary N) is 1. The number of hydrogen-bond acceptors (Lipinski definition) is 6. The summed E-state index contributed by atoms with van der Waals surface area (Å²) >= 11 is 1.40. The fourth-order valence-corrected chi connectivity index (χ4v) is 9.66. The summed E-state index contributed by atoms with van der Waals surface area (Å²) in [5.41, 5.74) is -1.44. The van der Waals surface area contributed by atoms with Gasteiger partial charge in [0.1, 0.15) is 11.9 Å². The summed E-state index contributed by atoms with van der Waals surface area (Å²) in [6.45, 7) is 12.9. The number of thioether (sulfide) groups is 1. The summed E-state index contributed by atoms with van der Waals surface area (Å²) in [6, 6.07) is 4.13. The van der Waals surface area contributed by atoms with Crippen molar-refractivity contribution in [3.05, 3.63) is 37.2 Å². The highest BCUT2D eigenvalue weighted by atomic mass is 127. The molecule has 0 aliphatic heterocycles. The molecular formula is C34H49IN2O5S. The minimum Gasteiger partial charge on any atom is -1.00 e. The van der Waals surface area contributed by atoms with Gasteiger partial charge in [0.2, 0.25) is 6.54 Å². The minimum atomic E-state index is -0.673. The predicted octanol–water partition coefficient (Wildman–Crippen LogP) is 2.04. The zero-order valence-corrected chi connectivity index (χ0v) is 29.1. The van der Waals surface area contributed by atoms with Gasteiger partial charge in [-0.2, -0.15) is 4.57 Å². The lowest BCUT2D eigenvalue weighted by molar-refractivity contribution is -0.684. The van der Waals surface area contributed by atoms with Crippen molar-refractivity contribution in [3.8, 4) is 0 Å². The van der Waals surface area contributed by atoms with Crippen LogP contribution in [0.25, 0.3) is 0 Å². The average molecular weight is 725 g/mol. The molecule has 0 saturated heterocycles. The molecule has 0 spiro atoms. The summed E-state index contributed by atoms with van der Waals surface area (Å²) in [7, 11) is 0. The van der Waals surface area contributed by atoms with Crippen molar-refractivity contribution in [2.75, 3.05) is 5.75 Å². The van der Waals surface area contributed by atoms with E-state index in [0.29, 0.717) is 18.9 Å². The zero-order chi connectivity index (χ0) is 30.3. The first kappa shape index (κ1) is 34.4. The number of carbonyl (C=O) groups is 3. The van der Waals surface area contributed by atoms with E-state index in [9.17, 15) is 19.5 Å². The van der Waals surface area contributed by atoms with Gasteiger partial charge in [-0.1, -0.05) is 46.6 Å². The van der Waals surface area contributed by atoms with Gasteiger partial charge in [-0.15, -0.1) is 18.3 Å². The quantitative estimate of drug-likeness (QED) is 0.140. The molecule has 1 amide bonds. The van der Waals surface area contributed by atoms with Gasteiger partial charge >= 0.3 is 5.97 Å². The lowest BCUT2D eigenvalue weighted by atomic mass is 9.44. The summed E-state index contributed by atoms with van der Waals surface area (Å²) < 4.78 is 8.20. The van der Waals surface area contributed by atoms with Crippen molar-refractivity contribution in [2.45, 2.75) is 115 Å². The lowest BCUT2D eigenvalue weighted by Gasteiger charge is -2.61. The van der Waals surface area contributed by atoms with E-state index in [1.54, 1.807) is 0 Å². The summed E-state index contributed by atoms with van der Waals surface area (Å²) in [4.78, 5) is 40.3. The molecule has 4 fully saturated rings. The molecular weight excluding hydrogens is 675 g/mol. The van der Waals surface area contributed by atoms with Crippen LogP contribution < -0.4 is 33.9 Å². The van der Waals surface area contributed by atoms with Crippen LogP contribution in [0.1, 0.15) is 85.5 Å². The Hall–Kier alpha value is -1.46. The normalized spacial score (nSPS) is 37.4. The van der Waals surface area contributed by atoms with Crippen LogP contribution in [0, 0.1) is 34.0 Å². The van der Waals surface area contributed by atoms with Crippen molar-refractivity contribution in [2.24, 2.45) is 34.0 Å². The molecule has 43 heavy (non-hydrogen) atoms. The smallest absolute Gasteiger partial charge is 0.316 e. The van der Waals surface area contributed by atoms with Crippen molar-refractivity contribution < 1.29 is 52.8 Å². The number of rotatable bonds is 8. The van der Waals surface area contributed by atoms with Crippen LogP contribution in [-0.4, -0.2) is 46.8 Å². The molecule has 4 saturated carbocycles. The molecule has 1 aromatic rings. The summed E-state index contributed by atoms with van der Waals surface area (Å²) in [5.74, 6) is 0.0313. The Morgan fingerprint density at radius 1 is 1.16 bits per heavy atom. The van der Waals surface area contributed by atoms with Crippen LogP contribution in [0.4, 0.5) is 0 Å². The first-order valence-corrected chi connectivity index (χ1v) is 16.9. The average Bonchev–Trinajstić information content (AvgIpc) is 3.61. The van der Waals surface area contributed by atoms with Gasteiger partial charge in [-0.05, 0) is 55.8 Å². The van der Waals surface area contributed by atoms with Gasteiger partial charge in [-0.3, -0.25) is 14.4 Å². The topological polar surface area (TPSA) is 96.6 Å². The molecule has 2 N–H and O–H groups in total. The maximum atomic E-state index is 13.6. The number of aliphatic hydroxyl groups is 1. The van der Waals surface area contributed by atoms with Crippen LogP contribution in [0.2, 0.25) is 0 Å². The molecule has 0 aromatic carbocycles. The van der Waals surface area contributed by atoms with Crippen molar-refractivity contribution >= 4 is 29.4 Å². The van der Waals surface area contributed by atoms with E-state index >= 15 is 0 Å². The molecule has 0 radical (unpaired) electrons. The monoisotopic (exact) mass is 724 g/mol. The number of aliphatic hydroxyl groups excluding tert-OH is 1. The van der Waals surface area contributed by atoms with E-state index < -0.39 is 23.0 Å². The van der Waals surface area contributed by atoms with Crippen LogP contribution in [0.3, 0.4) is 0 Å². The van der Waals surface area contributed by atoms with Crippen molar-refractivity contribution in [3.63, 3.8) is 0 Å². The van der Waals surface area contributed by atoms with Crippen LogP contribution in [0.15, 0.2) is 42.1 Å².